The van der Waals surface area contributed by atoms with Gasteiger partial charge in [-0.2, -0.15) is 0 Å². The number of carboxylic acids is 1. The van der Waals surface area contributed by atoms with Crippen molar-refractivity contribution in [3.8, 4) is 0 Å². The van der Waals surface area contributed by atoms with Crippen LogP contribution in [0.25, 0.3) is 0 Å². The van der Waals surface area contributed by atoms with Gasteiger partial charge in [-0.05, 0) is 0 Å². The Hall–Kier alpha value is -2.26. The zero-order valence-electron chi connectivity index (χ0n) is 9.63. The lowest BCUT2D eigenvalue weighted by atomic mass is 10.2. The van der Waals surface area contributed by atoms with Crippen LogP contribution in [0.4, 0.5) is 11.5 Å². The van der Waals surface area contributed by atoms with Crippen molar-refractivity contribution in [1.29, 1.82) is 0 Å². The lowest BCUT2D eigenvalue weighted by Crippen LogP contribution is -2.24. The summed E-state index contributed by atoms with van der Waals surface area (Å²) in [5.74, 6) is -1.37. The number of nitrogens with zero attached hydrogens (tertiary/aromatic N) is 3. The monoisotopic (exact) mass is 269 g/mol. The van der Waals surface area contributed by atoms with Gasteiger partial charge in [-0.3, -0.25) is 10.1 Å². The van der Waals surface area contributed by atoms with Gasteiger partial charge in [0.15, 0.2) is 0 Å². The van der Waals surface area contributed by atoms with Crippen molar-refractivity contribution in [2.75, 3.05) is 18.0 Å². The molecule has 2 rings (SSSR count). The summed E-state index contributed by atoms with van der Waals surface area (Å²) in [5, 5.41) is 38.5. The van der Waals surface area contributed by atoms with Crippen LogP contribution in [0.1, 0.15) is 10.4 Å². The predicted molar refractivity (Wildman–Crippen MR) is 62.1 cm³/mol. The fourth-order valence-electron chi connectivity index (χ4n) is 1.90. The van der Waals surface area contributed by atoms with Crippen LogP contribution < -0.4 is 4.90 Å². The lowest BCUT2D eigenvalue weighted by molar-refractivity contribution is -0.385. The summed E-state index contributed by atoms with van der Waals surface area (Å²) in [5.41, 5.74) is -0.767. The Morgan fingerprint density at radius 1 is 1.42 bits per heavy atom. The van der Waals surface area contributed by atoms with E-state index in [0.717, 1.165) is 12.3 Å². The molecule has 9 heteroatoms. The van der Waals surface area contributed by atoms with Crippen LogP contribution in [0.2, 0.25) is 0 Å². The number of anilines is 1. The largest absolute Gasteiger partial charge is 0.478 e. The Bertz CT molecular complexity index is 524. The number of aromatic nitrogens is 1. The minimum atomic E-state index is -1.36. The zero-order valence-corrected chi connectivity index (χ0v) is 9.63. The van der Waals surface area contributed by atoms with Crippen molar-refractivity contribution >= 4 is 17.5 Å². The number of aliphatic hydroxyl groups excluding tert-OH is 2. The molecule has 2 unspecified atom stereocenters. The first kappa shape index (κ1) is 13.2. The van der Waals surface area contributed by atoms with E-state index in [1.54, 1.807) is 0 Å². The maximum Gasteiger partial charge on any atom is 0.339 e. The predicted octanol–water partition coefficient (Wildman–Crippen LogP) is -0.770. The smallest absolute Gasteiger partial charge is 0.339 e. The number of pyridine rings is 1. The van der Waals surface area contributed by atoms with Crippen molar-refractivity contribution in [2.24, 2.45) is 0 Å². The third kappa shape index (κ3) is 2.46. The molecule has 1 aromatic heterocycles. The topological polar surface area (TPSA) is 137 Å². The fourth-order valence-corrected chi connectivity index (χ4v) is 1.90. The Balaban J connectivity index is 2.40. The van der Waals surface area contributed by atoms with Crippen LogP contribution in [-0.4, -0.2) is 56.5 Å². The number of hydrogen-bond acceptors (Lipinski definition) is 7. The lowest BCUT2D eigenvalue weighted by Gasteiger charge is -2.17. The van der Waals surface area contributed by atoms with Gasteiger partial charge in [-0.15, -0.1) is 0 Å². The number of carbonyl (C=O) groups is 1. The van der Waals surface area contributed by atoms with E-state index in [-0.39, 0.29) is 24.5 Å². The van der Waals surface area contributed by atoms with E-state index >= 15 is 0 Å². The first-order chi connectivity index (χ1) is 8.90. The molecule has 0 aliphatic carbocycles. The van der Waals surface area contributed by atoms with Gasteiger partial charge in [0.25, 0.3) is 5.69 Å². The van der Waals surface area contributed by atoms with Gasteiger partial charge < -0.3 is 20.2 Å². The summed E-state index contributed by atoms with van der Waals surface area (Å²) in [6, 6.07) is 0.905. The molecule has 1 fully saturated rings. The Morgan fingerprint density at radius 3 is 2.47 bits per heavy atom. The Kier molecular flexibility index (Phi) is 3.32. The van der Waals surface area contributed by atoms with Crippen LogP contribution in [0.5, 0.6) is 0 Å². The minimum Gasteiger partial charge on any atom is -0.478 e. The molecule has 0 amide bonds. The third-order valence-electron chi connectivity index (χ3n) is 2.85. The van der Waals surface area contributed by atoms with E-state index < -0.39 is 28.8 Å². The second-order valence-corrected chi connectivity index (χ2v) is 4.17. The van der Waals surface area contributed by atoms with Crippen molar-refractivity contribution in [1.82, 2.24) is 4.98 Å². The van der Waals surface area contributed by atoms with Crippen molar-refractivity contribution < 1.29 is 25.0 Å². The van der Waals surface area contributed by atoms with Gasteiger partial charge in [0.1, 0.15) is 17.6 Å². The third-order valence-corrected chi connectivity index (χ3v) is 2.85. The molecule has 0 bridgehead atoms. The highest BCUT2D eigenvalue weighted by Gasteiger charge is 2.33. The second kappa shape index (κ2) is 4.78. The van der Waals surface area contributed by atoms with Crippen LogP contribution in [0.3, 0.4) is 0 Å². The standard InChI is InChI=1S/C10H11N3O6/c14-7-3-12(4-8(7)15)9-6(10(16)17)1-5(2-11-9)13(18)19/h1-2,7-8,14-15H,3-4H2,(H,16,17). The summed E-state index contributed by atoms with van der Waals surface area (Å²) < 4.78 is 0. The van der Waals surface area contributed by atoms with E-state index in [9.17, 15) is 25.1 Å². The van der Waals surface area contributed by atoms with Gasteiger partial charge in [-0.25, -0.2) is 9.78 Å². The minimum absolute atomic E-state index is 0.00583. The first-order valence-corrected chi connectivity index (χ1v) is 5.39. The maximum absolute atomic E-state index is 11.1. The van der Waals surface area contributed by atoms with Gasteiger partial charge in [-0.1, -0.05) is 0 Å². The van der Waals surface area contributed by atoms with E-state index in [1.807, 2.05) is 0 Å². The molecule has 9 nitrogen and oxygen atoms in total. The van der Waals surface area contributed by atoms with Crippen LogP contribution >= 0.6 is 0 Å². The van der Waals surface area contributed by atoms with Crippen LogP contribution in [0.15, 0.2) is 12.3 Å². The normalized spacial score (nSPS) is 22.5. The van der Waals surface area contributed by atoms with Crippen LogP contribution in [0, 0.1) is 10.1 Å². The quantitative estimate of drug-likeness (QED) is 0.480. The number of aromatic carboxylic acids is 1. The molecule has 19 heavy (non-hydrogen) atoms. The second-order valence-electron chi connectivity index (χ2n) is 4.17. The van der Waals surface area contributed by atoms with Crippen LogP contribution in [-0.2, 0) is 0 Å². The highest BCUT2D eigenvalue weighted by atomic mass is 16.6. The molecule has 3 N–H and O–H groups in total. The molecule has 1 aliphatic heterocycles. The molecule has 0 aromatic carbocycles. The van der Waals surface area contributed by atoms with Crippen molar-refractivity contribution in [3.05, 3.63) is 27.9 Å². The summed E-state index contributed by atoms with van der Waals surface area (Å²) in [7, 11) is 0. The van der Waals surface area contributed by atoms with E-state index in [2.05, 4.69) is 4.98 Å². The molecule has 2 heterocycles. The number of β-amino-alcohol motifs (C(OH)–C–C–N with tert-alkyl or cyclic N) is 2. The van der Waals surface area contributed by atoms with Gasteiger partial charge in [0.2, 0.25) is 0 Å². The molecule has 1 aromatic rings. The Morgan fingerprint density at radius 2 is 2.00 bits per heavy atom. The molecule has 102 valence electrons. The van der Waals surface area contributed by atoms with E-state index in [0.29, 0.717) is 0 Å². The number of hydrogen-bond donors (Lipinski definition) is 3. The summed E-state index contributed by atoms with van der Waals surface area (Å²) in [4.78, 5) is 26.1. The number of nitro groups is 1. The van der Waals surface area contributed by atoms with Crippen molar-refractivity contribution in [2.45, 2.75) is 12.2 Å². The molecular weight excluding hydrogens is 258 g/mol. The molecule has 0 spiro atoms. The number of rotatable bonds is 3. The molecule has 1 saturated heterocycles. The Labute approximate surface area is 106 Å². The molecule has 0 radical (unpaired) electrons. The van der Waals surface area contributed by atoms with E-state index in [4.69, 9.17) is 5.11 Å². The number of carboxylic acid groups (broad SMARTS) is 1. The molecule has 1 aliphatic rings. The fraction of sp³-hybridized carbons (Fsp3) is 0.400. The molecule has 2 atom stereocenters. The summed E-state index contributed by atoms with van der Waals surface area (Å²) >= 11 is 0. The SMILES string of the molecule is O=C(O)c1cc([N+](=O)[O-])cnc1N1CC(O)C(O)C1. The highest BCUT2D eigenvalue weighted by Crippen LogP contribution is 2.25. The highest BCUT2D eigenvalue weighted by molar-refractivity contribution is 5.94. The molecule has 0 saturated carbocycles. The van der Waals surface area contributed by atoms with Crippen molar-refractivity contribution in [3.63, 3.8) is 0 Å². The zero-order chi connectivity index (χ0) is 14.2. The average molecular weight is 269 g/mol. The van der Waals surface area contributed by atoms with E-state index in [1.165, 1.54) is 4.90 Å². The number of aliphatic hydroxyl groups is 2. The maximum atomic E-state index is 11.1. The molecular formula is C10H11N3O6. The van der Waals surface area contributed by atoms with Gasteiger partial charge in [0, 0.05) is 19.2 Å². The average Bonchev–Trinajstić information content (AvgIpc) is 2.68. The first-order valence-electron chi connectivity index (χ1n) is 5.39. The summed E-state index contributed by atoms with van der Waals surface area (Å²) in [6.45, 7) is 0.0402. The summed E-state index contributed by atoms with van der Waals surface area (Å²) in [6.07, 6.45) is -1.06. The van der Waals surface area contributed by atoms with Gasteiger partial charge in [0.05, 0.1) is 17.1 Å². The van der Waals surface area contributed by atoms with Gasteiger partial charge >= 0.3 is 5.97 Å².